The molecule has 9 nitrogen and oxygen atoms in total. The predicted molar refractivity (Wildman–Crippen MR) is 102 cm³/mol. The Hall–Kier alpha value is -2.78. The van der Waals surface area contributed by atoms with Crippen LogP contribution in [0.15, 0.2) is 29.5 Å². The van der Waals surface area contributed by atoms with E-state index in [-0.39, 0.29) is 36.9 Å². The molecule has 0 spiro atoms. The van der Waals surface area contributed by atoms with Crippen LogP contribution >= 0.6 is 0 Å². The zero-order chi connectivity index (χ0) is 20.1. The summed E-state index contributed by atoms with van der Waals surface area (Å²) in [5.41, 5.74) is 1.95. The number of carbonyl (C=O) groups excluding carboxylic acids is 2. The average Bonchev–Trinajstić information content (AvgIpc) is 3.04. The zero-order valence-electron chi connectivity index (χ0n) is 16.1. The van der Waals surface area contributed by atoms with Crippen molar-refractivity contribution in [1.82, 2.24) is 4.90 Å². The Bertz CT molecular complexity index is 773. The van der Waals surface area contributed by atoms with Gasteiger partial charge in [-0.1, -0.05) is 0 Å². The summed E-state index contributed by atoms with van der Waals surface area (Å²) in [6.07, 6.45) is 0. The maximum Gasteiger partial charge on any atom is 0.337 e. The van der Waals surface area contributed by atoms with Gasteiger partial charge in [-0.25, -0.2) is 4.79 Å². The monoisotopic (exact) mass is 391 g/mol. The SMILES string of the molecule is COC(=O)C1=C(Nc2ccc(N3CCOCC3)c(OC)c2)C(=O)N(CCO)C1. The van der Waals surface area contributed by atoms with E-state index >= 15 is 0 Å². The summed E-state index contributed by atoms with van der Waals surface area (Å²) >= 11 is 0. The Morgan fingerprint density at radius 3 is 2.68 bits per heavy atom. The Balaban J connectivity index is 1.86. The fourth-order valence-corrected chi connectivity index (χ4v) is 3.31. The molecule has 2 aliphatic rings. The first-order valence-electron chi connectivity index (χ1n) is 9.08. The number of esters is 1. The van der Waals surface area contributed by atoms with Gasteiger partial charge in [-0.15, -0.1) is 0 Å². The molecule has 0 radical (unpaired) electrons. The highest BCUT2D eigenvalue weighted by molar-refractivity contribution is 6.08. The summed E-state index contributed by atoms with van der Waals surface area (Å²) in [4.78, 5) is 28.3. The third-order valence-corrected chi connectivity index (χ3v) is 4.75. The van der Waals surface area contributed by atoms with Crippen LogP contribution in [0.2, 0.25) is 0 Å². The number of β-amino-alcohol motifs (C(OH)–C–C–N with tert-alkyl or cyclic N) is 1. The number of morpholine rings is 1. The Labute approximate surface area is 163 Å². The molecule has 0 aromatic heterocycles. The number of methoxy groups -OCH3 is 2. The number of nitrogens with one attached hydrogen (secondary N) is 1. The van der Waals surface area contributed by atoms with Crippen molar-refractivity contribution in [3.63, 3.8) is 0 Å². The van der Waals surface area contributed by atoms with Crippen LogP contribution in [0, 0.1) is 0 Å². The highest BCUT2D eigenvalue weighted by Gasteiger charge is 2.34. The fourth-order valence-electron chi connectivity index (χ4n) is 3.31. The van der Waals surface area contributed by atoms with Gasteiger partial charge >= 0.3 is 5.97 Å². The van der Waals surface area contributed by atoms with Gasteiger partial charge in [-0.2, -0.15) is 0 Å². The first-order chi connectivity index (χ1) is 13.6. The lowest BCUT2D eigenvalue weighted by molar-refractivity contribution is -0.136. The molecule has 2 heterocycles. The third kappa shape index (κ3) is 4.05. The number of amides is 1. The highest BCUT2D eigenvalue weighted by Crippen LogP contribution is 2.33. The molecule has 0 aliphatic carbocycles. The summed E-state index contributed by atoms with van der Waals surface area (Å²) in [7, 11) is 2.86. The summed E-state index contributed by atoms with van der Waals surface area (Å²) in [6, 6.07) is 5.53. The number of nitrogens with zero attached hydrogens (tertiary/aromatic N) is 2. The second-order valence-electron chi connectivity index (χ2n) is 6.41. The van der Waals surface area contributed by atoms with Crippen molar-refractivity contribution in [2.24, 2.45) is 0 Å². The Morgan fingerprint density at radius 2 is 2.04 bits per heavy atom. The average molecular weight is 391 g/mol. The zero-order valence-corrected chi connectivity index (χ0v) is 16.1. The summed E-state index contributed by atoms with van der Waals surface area (Å²) < 4.78 is 15.7. The molecule has 152 valence electrons. The number of ether oxygens (including phenoxy) is 3. The smallest absolute Gasteiger partial charge is 0.337 e. The third-order valence-electron chi connectivity index (χ3n) is 4.75. The molecule has 1 aromatic rings. The fraction of sp³-hybridized carbons (Fsp3) is 0.474. The molecule has 0 unspecified atom stereocenters. The van der Waals surface area contributed by atoms with Gasteiger partial charge in [0, 0.05) is 31.4 Å². The second-order valence-corrected chi connectivity index (χ2v) is 6.41. The molecule has 3 rings (SSSR count). The summed E-state index contributed by atoms with van der Waals surface area (Å²) in [6.45, 7) is 2.92. The van der Waals surface area contributed by atoms with Crippen molar-refractivity contribution in [2.75, 3.05) is 70.4 Å². The molecule has 2 N–H and O–H groups in total. The molecular weight excluding hydrogens is 366 g/mol. The minimum atomic E-state index is -0.576. The van der Waals surface area contributed by atoms with Crippen molar-refractivity contribution in [3.8, 4) is 5.75 Å². The quantitative estimate of drug-likeness (QED) is 0.636. The van der Waals surface area contributed by atoms with Gasteiger partial charge in [0.2, 0.25) is 0 Å². The van der Waals surface area contributed by atoms with E-state index < -0.39 is 5.97 Å². The normalized spacial score (nSPS) is 17.2. The number of anilines is 2. The van der Waals surface area contributed by atoms with Gasteiger partial charge < -0.3 is 34.4 Å². The maximum atomic E-state index is 12.6. The van der Waals surface area contributed by atoms with E-state index in [0.717, 1.165) is 18.8 Å². The topological polar surface area (TPSA) is 101 Å². The first kappa shape index (κ1) is 20.0. The van der Waals surface area contributed by atoms with Crippen LogP contribution in [-0.4, -0.2) is 82.1 Å². The van der Waals surface area contributed by atoms with E-state index in [2.05, 4.69) is 10.2 Å². The lowest BCUT2D eigenvalue weighted by Crippen LogP contribution is -2.36. The number of aliphatic hydroxyl groups excluding tert-OH is 1. The molecule has 1 saturated heterocycles. The standard InChI is InChI=1S/C19H25N3O6/c1-26-16-11-13(3-4-15(16)21-6-9-28-10-7-21)20-17-14(19(25)27-2)12-22(5-8-23)18(17)24/h3-4,11,20,23H,5-10,12H2,1-2H3. The largest absolute Gasteiger partial charge is 0.495 e. The molecular formula is C19H25N3O6. The number of aliphatic hydroxyl groups is 1. The van der Waals surface area contributed by atoms with Gasteiger partial charge in [0.05, 0.1) is 51.8 Å². The van der Waals surface area contributed by atoms with Gasteiger partial charge in [0.15, 0.2) is 0 Å². The van der Waals surface area contributed by atoms with E-state index in [1.165, 1.54) is 12.0 Å². The van der Waals surface area contributed by atoms with Crippen LogP contribution in [0.3, 0.4) is 0 Å². The molecule has 2 aliphatic heterocycles. The molecule has 1 aromatic carbocycles. The molecule has 0 saturated carbocycles. The first-order valence-corrected chi connectivity index (χ1v) is 9.08. The molecule has 28 heavy (non-hydrogen) atoms. The number of hydrogen-bond donors (Lipinski definition) is 2. The van der Waals surface area contributed by atoms with E-state index in [1.54, 1.807) is 13.2 Å². The molecule has 0 atom stereocenters. The molecule has 1 fully saturated rings. The molecule has 9 heteroatoms. The maximum absolute atomic E-state index is 12.6. The Morgan fingerprint density at radius 1 is 1.29 bits per heavy atom. The van der Waals surface area contributed by atoms with Crippen LogP contribution in [0.25, 0.3) is 0 Å². The predicted octanol–water partition coefficient (Wildman–Crippen LogP) is 0.205. The van der Waals surface area contributed by atoms with Crippen LogP contribution in [-0.2, 0) is 19.1 Å². The number of carbonyl (C=O) groups is 2. The van der Waals surface area contributed by atoms with Crippen molar-refractivity contribution in [3.05, 3.63) is 29.5 Å². The number of hydrogen-bond acceptors (Lipinski definition) is 8. The molecule has 1 amide bonds. The van der Waals surface area contributed by atoms with E-state index in [9.17, 15) is 9.59 Å². The second kappa shape index (κ2) is 8.94. The highest BCUT2D eigenvalue weighted by atomic mass is 16.5. The lowest BCUT2D eigenvalue weighted by Gasteiger charge is -2.30. The minimum absolute atomic E-state index is 0.0946. The number of rotatable bonds is 7. The van der Waals surface area contributed by atoms with Crippen LogP contribution in [0.4, 0.5) is 11.4 Å². The van der Waals surface area contributed by atoms with Gasteiger partial charge in [-0.05, 0) is 12.1 Å². The van der Waals surface area contributed by atoms with Crippen LogP contribution in [0.5, 0.6) is 5.75 Å². The minimum Gasteiger partial charge on any atom is -0.495 e. The Kier molecular flexibility index (Phi) is 6.37. The van der Waals surface area contributed by atoms with E-state index in [1.807, 2.05) is 12.1 Å². The van der Waals surface area contributed by atoms with Gasteiger partial charge in [0.1, 0.15) is 11.4 Å². The van der Waals surface area contributed by atoms with E-state index in [4.69, 9.17) is 19.3 Å². The van der Waals surface area contributed by atoms with Gasteiger partial charge in [0.25, 0.3) is 5.91 Å². The number of benzene rings is 1. The molecule has 0 bridgehead atoms. The van der Waals surface area contributed by atoms with E-state index in [0.29, 0.717) is 24.7 Å². The van der Waals surface area contributed by atoms with Gasteiger partial charge in [-0.3, -0.25) is 4.79 Å². The van der Waals surface area contributed by atoms with Crippen molar-refractivity contribution < 1.29 is 28.9 Å². The van der Waals surface area contributed by atoms with Crippen LogP contribution in [0.1, 0.15) is 0 Å². The summed E-state index contributed by atoms with van der Waals surface area (Å²) in [5, 5.41) is 12.2. The van der Waals surface area contributed by atoms with Crippen LogP contribution < -0.4 is 15.0 Å². The lowest BCUT2D eigenvalue weighted by atomic mass is 10.2. The van der Waals surface area contributed by atoms with Crippen molar-refractivity contribution in [2.45, 2.75) is 0 Å². The van der Waals surface area contributed by atoms with Crippen molar-refractivity contribution >= 4 is 23.3 Å². The summed E-state index contributed by atoms with van der Waals surface area (Å²) in [5.74, 6) is -0.274. The van der Waals surface area contributed by atoms with Crippen molar-refractivity contribution in [1.29, 1.82) is 0 Å².